The van der Waals surface area contributed by atoms with Crippen molar-refractivity contribution in [2.45, 2.75) is 26.3 Å². The predicted molar refractivity (Wildman–Crippen MR) is 121 cm³/mol. The lowest BCUT2D eigenvalue weighted by atomic mass is 9.99. The normalized spacial score (nSPS) is 10.9. The topological polar surface area (TPSA) is 91.8 Å². The summed E-state index contributed by atoms with van der Waals surface area (Å²) in [5.74, 6) is -0.569. The number of aromatic nitrogens is 3. The summed E-state index contributed by atoms with van der Waals surface area (Å²) in [4.78, 5) is 29.9. The van der Waals surface area contributed by atoms with E-state index in [4.69, 9.17) is 0 Å². The summed E-state index contributed by atoms with van der Waals surface area (Å²) in [5, 5.41) is 10.7. The van der Waals surface area contributed by atoms with Crippen LogP contribution in [0.2, 0.25) is 0 Å². The van der Waals surface area contributed by atoms with Crippen LogP contribution in [0.5, 0.6) is 0 Å². The summed E-state index contributed by atoms with van der Waals surface area (Å²) < 4.78 is 1.97. The number of hydrogen-bond donors (Lipinski definition) is 3. The van der Waals surface area contributed by atoms with E-state index < -0.39 is 0 Å². The third kappa shape index (κ3) is 4.50. The quantitative estimate of drug-likeness (QED) is 0.377. The van der Waals surface area contributed by atoms with E-state index in [0.29, 0.717) is 24.3 Å². The Kier molecular flexibility index (Phi) is 6.12. The molecule has 7 nitrogen and oxygen atoms in total. The van der Waals surface area contributed by atoms with Crippen molar-refractivity contribution in [1.82, 2.24) is 20.1 Å². The van der Waals surface area contributed by atoms with Gasteiger partial charge in [0.2, 0.25) is 0 Å². The number of pyridine rings is 1. The second kappa shape index (κ2) is 9.30. The lowest BCUT2D eigenvalue weighted by Crippen LogP contribution is -2.27. The van der Waals surface area contributed by atoms with Gasteiger partial charge in [0.1, 0.15) is 0 Å². The van der Waals surface area contributed by atoms with Crippen molar-refractivity contribution in [2.24, 2.45) is 0 Å². The number of amides is 2. The maximum atomic E-state index is 13.2. The Morgan fingerprint density at radius 2 is 1.84 bits per heavy atom. The number of aromatic amines is 1. The van der Waals surface area contributed by atoms with Crippen molar-refractivity contribution in [3.8, 4) is 0 Å². The molecule has 0 unspecified atom stereocenters. The van der Waals surface area contributed by atoms with Crippen molar-refractivity contribution in [3.63, 3.8) is 0 Å². The molecule has 0 bridgehead atoms. The first-order valence-corrected chi connectivity index (χ1v) is 10.4. The molecule has 2 aromatic carbocycles. The smallest absolute Gasteiger partial charge is 0.272 e. The Morgan fingerprint density at radius 1 is 1.03 bits per heavy atom. The Bertz CT molecular complexity index is 1200. The molecule has 0 aliphatic heterocycles. The van der Waals surface area contributed by atoms with Gasteiger partial charge in [0.05, 0.1) is 12.2 Å². The number of H-pyrrole nitrogens is 1. The van der Waals surface area contributed by atoms with Crippen molar-refractivity contribution >= 4 is 28.3 Å². The standard InChI is InChI=1S/C24H25N5O2/c1-2-3-12-26-24(31)22-21(9-6-13-25-22)28-23(30)20-11-10-17(16-29-15-14-27-29)18-7-4-5-8-19(18)20/h4-11,13-15,27H,2-3,12,16H2,1H3,(H,26,31)(H,28,30). The van der Waals surface area contributed by atoms with Crippen molar-refractivity contribution in [2.75, 3.05) is 11.9 Å². The highest BCUT2D eigenvalue weighted by molar-refractivity contribution is 6.15. The number of nitrogens with one attached hydrogen (secondary N) is 3. The maximum Gasteiger partial charge on any atom is 0.272 e. The number of rotatable bonds is 8. The second-order valence-corrected chi connectivity index (χ2v) is 7.35. The van der Waals surface area contributed by atoms with Crippen molar-refractivity contribution in [1.29, 1.82) is 0 Å². The van der Waals surface area contributed by atoms with Crippen LogP contribution < -0.4 is 10.6 Å². The molecule has 2 amide bonds. The monoisotopic (exact) mass is 415 g/mol. The van der Waals surface area contributed by atoms with E-state index >= 15 is 0 Å². The van der Waals surface area contributed by atoms with Crippen LogP contribution >= 0.6 is 0 Å². The molecule has 4 aromatic rings. The lowest BCUT2D eigenvalue weighted by molar-refractivity contribution is 0.0949. The van der Waals surface area contributed by atoms with Gasteiger partial charge < -0.3 is 15.7 Å². The van der Waals surface area contributed by atoms with Gasteiger partial charge in [0.25, 0.3) is 11.8 Å². The average molecular weight is 415 g/mol. The average Bonchev–Trinajstić information content (AvgIpc) is 2.76. The number of benzene rings is 2. The van der Waals surface area contributed by atoms with Gasteiger partial charge in [-0.1, -0.05) is 43.7 Å². The summed E-state index contributed by atoms with van der Waals surface area (Å²) in [5.41, 5.74) is 2.27. The van der Waals surface area contributed by atoms with Crippen molar-refractivity contribution in [3.05, 3.63) is 83.9 Å². The van der Waals surface area contributed by atoms with Gasteiger partial charge in [0, 0.05) is 30.7 Å². The first kappa shape index (κ1) is 20.4. The van der Waals surface area contributed by atoms with Gasteiger partial charge in [-0.2, -0.15) is 0 Å². The molecule has 0 radical (unpaired) electrons. The van der Waals surface area contributed by atoms with E-state index in [1.165, 1.54) is 0 Å². The van der Waals surface area contributed by atoms with Gasteiger partial charge >= 0.3 is 0 Å². The Labute approximate surface area is 180 Å². The number of fused-ring (bicyclic) bond motifs is 1. The van der Waals surface area contributed by atoms with Crippen LogP contribution in [0.25, 0.3) is 10.8 Å². The molecule has 0 saturated heterocycles. The van der Waals surface area contributed by atoms with Gasteiger partial charge in [0.15, 0.2) is 5.69 Å². The molecule has 3 N–H and O–H groups in total. The molecular weight excluding hydrogens is 390 g/mol. The molecular formula is C24H25N5O2. The zero-order valence-electron chi connectivity index (χ0n) is 17.4. The second-order valence-electron chi connectivity index (χ2n) is 7.35. The molecule has 0 atom stereocenters. The van der Waals surface area contributed by atoms with Crippen LogP contribution in [-0.2, 0) is 6.54 Å². The lowest BCUT2D eigenvalue weighted by Gasteiger charge is -2.15. The molecule has 31 heavy (non-hydrogen) atoms. The zero-order chi connectivity index (χ0) is 21.6. The summed E-state index contributed by atoms with van der Waals surface area (Å²) in [6.07, 6.45) is 7.26. The molecule has 4 rings (SSSR count). The highest BCUT2D eigenvalue weighted by Gasteiger charge is 2.17. The molecule has 0 fully saturated rings. The first-order chi connectivity index (χ1) is 15.2. The zero-order valence-corrected chi connectivity index (χ0v) is 17.4. The maximum absolute atomic E-state index is 13.2. The summed E-state index contributed by atoms with van der Waals surface area (Å²) >= 11 is 0. The minimum Gasteiger partial charge on any atom is -0.351 e. The van der Waals surface area contributed by atoms with Crippen LogP contribution in [0, 0.1) is 0 Å². The third-order valence-electron chi connectivity index (χ3n) is 5.18. The molecule has 158 valence electrons. The summed E-state index contributed by atoms with van der Waals surface area (Å²) in [6.45, 7) is 3.33. The van der Waals surface area contributed by atoms with Crippen molar-refractivity contribution < 1.29 is 9.59 Å². The van der Waals surface area contributed by atoms with Crippen LogP contribution in [0.4, 0.5) is 5.69 Å². The van der Waals surface area contributed by atoms with Crippen LogP contribution in [0.15, 0.2) is 67.1 Å². The van der Waals surface area contributed by atoms with Gasteiger partial charge in [-0.25, -0.2) is 4.98 Å². The van der Waals surface area contributed by atoms with E-state index in [-0.39, 0.29) is 17.5 Å². The number of carbonyl (C=O) groups excluding carboxylic acids is 2. The molecule has 0 aliphatic rings. The molecule has 7 heteroatoms. The Morgan fingerprint density at radius 3 is 2.58 bits per heavy atom. The summed E-state index contributed by atoms with van der Waals surface area (Å²) in [6, 6.07) is 15.0. The molecule has 0 aliphatic carbocycles. The van der Waals surface area contributed by atoms with Gasteiger partial charge in [-0.3, -0.25) is 14.3 Å². The summed E-state index contributed by atoms with van der Waals surface area (Å²) in [7, 11) is 0. The Hall–Kier alpha value is -3.87. The van der Waals surface area contributed by atoms with Gasteiger partial charge in [-0.15, -0.1) is 0 Å². The fourth-order valence-electron chi connectivity index (χ4n) is 3.50. The highest BCUT2D eigenvalue weighted by atomic mass is 16.2. The highest BCUT2D eigenvalue weighted by Crippen LogP contribution is 2.25. The fourth-order valence-corrected chi connectivity index (χ4v) is 3.50. The molecule has 2 aromatic heterocycles. The SMILES string of the molecule is CCCCNC(=O)c1ncccc1NC(=O)c1ccc(Cn2cc[nH]2)c2ccccc12. The number of carbonyl (C=O) groups is 2. The number of nitrogens with zero attached hydrogens (tertiary/aromatic N) is 2. The number of hydrogen-bond acceptors (Lipinski definition) is 3. The van der Waals surface area contributed by atoms with E-state index in [9.17, 15) is 9.59 Å². The molecule has 2 heterocycles. The third-order valence-corrected chi connectivity index (χ3v) is 5.18. The van der Waals surface area contributed by atoms with Gasteiger partial charge in [-0.05, 0) is 41.0 Å². The largest absolute Gasteiger partial charge is 0.351 e. The molecule has 0 saturated carbocycles. The minimum absolute atomic E-state index is 0.212. The van der Waals surface area contributed by atoms with Crippen LogP contribution in [-0.4, -0.2) is 33.1 Å². The van der Waals surface area contributed by atoms with Crippen LogP contribution in [0.3, 0.4) is 0 Å². The van der Waals surface area contributed by atoms with E-state index in [0.717, 1.165) is 29.2 Å². The number of unbranched alkanes of at least 4 members (excludes halogenated alkanes) is 1. The van der Waals surface area contributed by atoms with E-state index in [1.54, 1.807) is 18.3 Å². The number of anilines is 1. The molecule has 0 spiro atoms. The predicted octanol–water partition coefficient (Wildman–Crippen LogP) is 4.19. The first-order valence-electron chi connectivity index (χ1n) is 10.4. The minimum atomic E-state index is -0.292. The van der Waals surface area contributed by atoms with Crippen LogP contribution in [0.1, 0.15) is 46.2 Å². The fraction of sp³-hybridized carbons (Fsp3) is 0.208. The Balaban J connectivity index is 1.60. The van der Waals surface area contributed by atoms with E-state index in [1.807, 2.05) is 53.5 Å². The van der Waals surface area contributed by atoms with E-state index in [2.05, 4.69) is 27.6 Å².